The molecule has 46 heavy (non-hydrogen) atoms. The number of carbonyl (C=O) groups excluding carboxylic acids is 2. The highest BCUT2D eigenvalue weighted by molar-refractivity contribution is 6.02. The van der Waals surface area contributed by atoms with Crippen LogP contribution in [0.4, 0.5) is 32.0 Å². The van der Waals surface area contributed by atoms with Crippen LogP contribution in [-0.4, -0.2) is 80.6 Å². The van der Waals surface area contributed by atoms with Crippen molar-refractivity contribution in [1.82, 2.24) is 29.8 Å². The maximum atomic E-state index is 13.1. The lowest BCUT2D eigenvalue weighted by molar-refractivity contribution is -0.137. The Labute approximate surface area is 258 Å². The van der Waals surface area contributed by atoms with E-state index in [-0.39, 0.29) is 35.3 Å². The van der Waals surface area contributed by atoms with Gasteiger partial charge in [-0.05, 0) is 53.6 Å². The Morgan fingerprint density at radius 3 is 2.13 bits per heavy atom. The predicted molar refractivity (Wildman–Crippen MR) is 152 cm³/mol. The van der Waals surface area contributed by atoms with E-state index >= 15 is 0 Å². The fourth-order valence-electron chi connectivity index (χ4n) is 4.63. The average Bonchev–Trinajstić information content (AvgIpc) is 3.50. The minimum Gasteiger partial charge on any atom is -0.454 e. The number of piperazine rings is 1. The molecule has 5 rings (SSSR count). The molecule has 0 spiro atoms. The number of ether oxygens (including phenoxy) is 1. The molecule has 1 saturated heterocycles. The molecule has 2 amide bonds. The second kappa shape index (κ2) is 14.0. The number of anilines is 1. The number of hydrogen-bond donors (Lipinski definition) is 1. The molecule has 16 heteroatoms. The van der Waals surface area contributed by atoms with Crippen LogP contribution >= 0.6 is 0 Å². The third-order valence-corrected chi connectivity index (χ3v) is 7.07. The highest BCUT2D eigenvalue weighted by Crippen LogP contribution is 2.30. The molecule has 0 aliphatic carbocycles. The number of halogens is 6. The van der Waals surface area contributed by atoms with Crippen LogP contribution in [0.3, 0.4) is 0 Å². The van der Waals surface area contributed by atoms with Gasteiger partial charge in [0, 0.05) is 44.6 Å². The Kier molecular flexibility index (Phi) is 9.84. The quantitative estimate of drug-likeness (QED) is 0.245. The number of pyridine rings is 1. The fourth-order valence-corrected chi connectivity index (χ4v) is 4.63. The van der Waals surface area contributed by atoms with Gasteiger partial charge in [0.2, 0.25) is 0 Å². The monoisotopic (exact) mass is 647 g/mol. The highest BCUT2D eigenvalue weighted by atomic mass is 19.4. The van der Waals surface area contributed by atoms with Crippen molar-refractivity contribution in [3.8, 4) is 5.75 Å². The van der Waals surface area contributed by atoms with E-state index in [1.54, 1.807) is 23.1 Å². The van der Waals surface area contributed by atoms with Gasteiger partial charge in [-0.2, -0.15) is 17.6 Å². The molecule has 242 valence electrons. The van der Waals surface area contributed by atoms with Gasteiger partial charge >= 0.3 is 12.6 Å². The third kappa shape index (κ3) is 8.38. The number of alkyl halides is 6. The van der Waals surface area contributed by atoms with Crippen LogP contribution in [0.1, 0.15) is 37.7 Å². The number of nitrogens with zero attached hydrogens (tertiary/aromatic N) is 6. The lowest BCUT2D eigenvalue weighted by atomic mass is 10.2. The maximum Gasteiger partial charge on any atom is 0.416 e. The minimum absolute atomic E-state index is 0.00974. The zero-order valence-electron chi connectivity index (χ0n) is 24.0. The van der Waals surface area contributed by atoms with Crippen LogP contribution < -0.4 is 10.1 Å². The van der Waals surface area contributed by atoms with Crippen LogP contribution in [0.25, 0.3) is 0 Å². The summed E-state index contributed by atoms with van der Waals surface area (Å²) in [6, 6.07) is 13.4. The van der Waals surface area contributed by atoms with Crippen LogP contribution in [0.15, 0.2) is 73.1 Å². The van der Waals surface area contributed by atoms with Crippen molar-refractivity contribution >= 4 is 17.5 Å². The number of aromatic nitrogens is 4. The van der Waals surface area contributed by atoms with Crippen molar-refractivity contribution in [2.45, 2.75) is 32.0 Å². The van der Waals surface area contributed by atoms with E-state index < -0.39 is 30.4 Å². The number of hydrogen-bond acceptors (Lipinski definition) is 7. The molecular formula is C30H27F6N7O3. The zero-order valence-corrected chi connectivity index (χ0v) is 24.0. The summed E-state index contributed by atoms with van der Waals surface area (Å²) in [7, 11) is 0. The van der Waals surface area contributed by atoms with Crippen LogP contribution in [0.2, 0.25) is 0 Å². The van der Waals surface area contributed by atoms with Gasteiger partial charge in [0.05, 0.1) is 18.3 Å². The second-order valence-corrected chi connectivity index (χ2v) is 10.4. The summed E-state index contributed by atoms with van der Waals surface area (Å²) in [5.41, 5.74) is 1.14. The molecule has 2 aromatic heterocycles. The number of nitrogens with one attached hydrogen (secondary N) is 1. The molecule has 2 aromatic carbocycles. The number of rotatable bonds is 10. The Morgan fingerprint density at radius 2 is 1.52 bits per heavy atom. The molecule has 0 bridgehead atoms. The number of benzene rings is 2. The molecule has 3 heterocycles. The minimum atomic E-state index is -4.48. The predicted octanol–water partition coefficient (Wildman–Crippen LogP) is 4.89. The molecule has 0 radical (unpaired) electrons. The maximum absolute atomic E-state index is 13.1. The summed E-state index contributed by atoms with van der Waals surface area (Å²) in [6.45, 7) is 2.84. The van der Waals surface area contributed by atoms with Gasteiger partial charge in [-0.3, -0.25) is 19.5 Å². The Bertz CT molecular complexity index is 1620. The van der Waals surface area contributed by atoms with Crippen molar-refractivity contribution in [2.75, 3.05) is 31.5 Å². The van der Waals surface area contributed by atoms with Crippen LogP contribution in [0, 0.1) is 0 Å². The first-order valence-electron chi connectivity index (χ1n) is 14.0. The summed E-state index contributed by atoms with van der Waals surface area (Å²) in [6.07, 6.45) is -7.42. The zero-order chi connectivity index (χ0) is 32.8. The van der Waals surface area contributed by atoms with Gasteiger partial charge < -0.3 is 15.0 Å². The van der Waals surface area contributed by atoms with E-state index in [1.165, 1.54) is 35.3 Å². The summed E-state index contributed by atoms with van der Waals surface area (Å²) in [5, 5.41) is 10.5. The molecule has 0 saturated carbocycles. The van der Waals surface area contributed by atoms with Crippen molar-refractivity contribution in [1.29, 1.82) is 0 Å². The van der Waals surface area contributed by atoms with Crippen LogP contribution in [-0.2, 0) is 19.3 Å². The molecule has 4 aromatic rings. The van der Waals surface area contributed by atoms with Gasteiger partial charge in [-0.15, -0.1) is 5.10 Å². The molecule has 1 fully saturated rings. The normalized spacial score (nSPS) is 14.7. The molecule has 10 nitrogen and oxygen atoms in total. The number of amides is 2. The topological polar surface area (TPSA) is 105 Å². The largest absolute Gasteiger partial charge is 0.454 e. The van der Waals surface area contributed by atoms with E-state index in [9.17, 15) is 35.9 Å². The lowest BCUT2D eigenvalue weighted by Gasteiger charge is -2.34. The lowest BCUT2D eigenvalue weighted by Crippen LogP contribution is -2.48. The summed E-state index contributed by atoms with van der Waals surface area (Å²) < 4.78 is 82.0. The van der Waals surface area contributed by atoms with E-state index in [4.69, 9.17) is 0 Å². The molecule has 1 aliphatic heterocycles. The van der Waals surface area contributed by atoms with Gasteiger partial charge in [-0.1, -0.05) is 23.4 Å². The first-order chi connectivity index (χ1) is 21.9. The molecule has 1 atom stereocenters. The van der Waals surface area contributed by atoms with E-state index in [0.29, 0.717) is 38.3 Å². The highest BCUT2D eigenvalue weighted by Gasteiger charge is 2.30. The number of carbonyl (C=O) groups is 2. The molecule has 1 aliphatic rings. The second-order valence-electron chi connectivity index (χ2n) is 10.4. The van der Waals surface area contributed by atoms with Crippen molar-refractivity contribution in [2.24, 2.45) is 0 Å². The Balaban J connectivity index is 1.08. The summed E-state index contributed by atoms with van der Waals surface area (Å²) >= 11 is 0. The van der Waals surface area contributed by atoms with E-state index in [2.05, 4.69) is 30.2 Å². The Hall–Kier alpha value is -4.99. The first kappa shape index (κ1) is 32.4. The van der Waals surface area contributed by atoms with Gasteiger partial charge in [0.25, 0.3) is 18.2 Å². The average molecular weight is 648 g/mol. The summed E-state index contributed by atoms with van der Waals surface area (Å²) in [4.78, 5) is 33.4. The van der Waals surface area contributed by atoms with E-state index in [0.717, 1.165) is 29.8 Å². The van der Waals surface area contributed by atoms with Crippen molar-refractivity contribution in [3.05, 3.63) is 101 Å². The third-order valence-electron chi connectivity index (χ3n) is 7.07. The molecule has 1 N–H and O–H groups in total. The van der Waals surface area contributed by atoms with Crippen molar-refractivity contribution in [3.63, 3.8) is 0 Å². The van der Waals surface area contributed by atoms with Crippen molar-refractivity contribution < 1.29 is 40.7 Å². The fraction of sp³-hybridized carbons (Fsp3) is 0.300. The van der Waals surface area contributed by atoms with Gasteiger partial charge in [0.15, 0.2) is 5.69 Å². The first-order valence-corrected chi connectivity index (χ1v) is 14.0. The van der Waals surface area contributed by atoms with E-state index in [1.807, 2.05) is 0 Å². The van der Waals surface area contributed by atoms with Gasteiger partial charge in [0.1, 0.15) is 11.4 Å². The molecule has 1 unspecified atom stereocenters. The Morgan fingerprint density at radius 1 is 0.848 bits per heavy atom. The standard InChI is InChI=1S/C30H27F6N7O3/c31-26(32)27(33)46-23-8-1-19(2-9-23)16-41-11-13-42(14-12-41)29(45)25-18-43(40-39-25)17-20-3-10-24(37-15-20)28(44)38-22-6-4-21(5-7-22)30(34,35)36/h1-10,15,18,26-27H,11-14,16-17H2,(H,38,44). The molecular weight excluding hydrogens is 620 g/mol. The van der Waals surface area contributed by atoms with Gasteiger partial charge in [-0.25, -0.2) is 13.5 Å². The summed E-state index contributed by atoms with van der Waals surface area (Å²) in [5.74, 6) is -0.859. The SMILES string of the molecule is O=C(Nc1ccc(C(F)(F)F)cc1)c1ccc(Cn2cc(C(=O)N3CCN(Cc4ccc(OC(F)C(F)F)cc4)CC3)nn2)cn1. The smallest absolute Gasteiger partial charge is 0.416 e. The van der Waals surface area contributed by atoms with Crippen LogP contribution in [0.5, 0.6) is 5.75 Å².